The van der Waals surface area contributed by atoms with Crippen molar-refractivity contribution in [1.82, 2.24) is 15.5 Å². The molecule has 7 heteroatoms. The number of carbonyl (C=O) groups excluding carboxylic acids is 2. The van der Waals surface area contributed by atoms with Crippen LogP contribution in [0.4, 0.5) is 0 Å². The van der Waals surface area contributed by atoms with E-state index in [2.05, 4.69) is 15.5 Å². The molecule has 6 nitrogen and oxygen atoms in total. The van der Waals surface area contributed by atoms with Crippen molar-refractivity contribution in [2.24, 2.45) is 11.1 Å². The molecule has 0 radical (unpaired) electrons. The molecule has 0 unspecified atom stereocenters. The van der Waals surface area contributed by atoms with Gasteiger partial charge in [0, 0.05) is 13.0 Å². The van der Waals surface area contributed by atoms with Crippen LogP contribution in [0.1, 0.15) is 148 Å². The number of carbonyl (C=O) groups is 2. The van der Waals surface area contributed by atoms with Gasteiger partial charge in [-0.25, -0.2) is 0 Å². The monoisotopic (exact) mass is 580 g/mol. The molecule has 0 aromatic rings. The first kappa shape index (κ1) is 35.4. The summed E-state index contributed by atoms with van der Waals surface area (Å²) in [5.74, 6) is 1.66. The molecule has 0 aromatic carbocycles. The molecular formula is C33H64N4O2S. The van der Waals surface area contributed by atoms with Gasteiger partial charge in [-0.05, 0) is 62.9 Å². The Balaban J connectivity index is 1.56. The third-order valence-electron chi connectivity index (χ3n) is 9.10. The van der Waals surface area contributed by atoms with Crippen LogP contribution in [0.25, 0.3) is 0 Å². The second kappa shape index (κ2) is 23.7. The molecule has 40 heavy (non-hydrogen) atoms. The number of rotatable bonds is 11. The fourth-order valence-electron chi connectivity index (χ4n) is 6.39. The van der Waals surface area contributed by atoms with E-state index in [0.717, 1.165) is 38.1 Å². The zero-order valence-electron chi connectivity index (χ0n) is 26.0. The summed E-state index contributed by atoms with van der Waals surface area (Å²) in [6, 6.07) is 0. The Morgan fingerprint density at radius 1 is 0.650 bits per heavy atom. The van der Waals surface area contributed by atoms with Crippen molar-refractivity contribution in [3.63, 3.8) is 0 Å². The average Bonchev–Trinajstić information content (AvgIpc) is 2.96. The molecule has 234 valence electrons. The van der Waals surface area contributed by atoms with Crippen LogP contribution in [-0.2, 0) is 9.59 Å². The number of nitrogens with zero attached hydrogens (tertiary/aromatic N) is 1. The first-order valence-electron chi connectivity index (χ1n) is 17.2. The summed E-state index contributed by atoms with van der Waals surface area (Å²) in [5.41, 5.74) is 6.05. The van der Waals surface area contributed by atoms with Crippen LogP contribution in [0, 0.1) is 5.41 Å². The summed E-state index contributed by atoms with van der Waals surface area (Å²) in [7, 11) is 0. The predicted octanol–water partition coefficient (Wildman–Crippen LogP) is 7.16. The second-order valence-electron chi connectivity index (χ2n) is 12.7. The highest BCUT2D eigenvalue weighted by atomic mass is 32.2. The molecule has 4 N–H and O–H groups in total. The molecule has 1 saturated heterocycles. The van der Waals surface area contributed by atoms with E-state index in [1.807, 2.05) is 0 Å². The van der Waals surface area contributed by atoms with Gasteiger partial charge in [0.2, 0.25) is 11.8 Å². The second-order valence-corrected chi connectivity index (χ2v) is 13.8. The predicted molar refractivity (Wildman–Crippen MR) is 173 cm³/mol. The maximum absolute atomic E-state index is 12.5. The minimum Gasteiger partial charge on any atom is -0.356 e. The number of nitrogens with one attached hydrogen (secondary N) is 2. The van der Waals surface area contributed by atoms with Gasteiger partial charge in [0.15, 0.2) is 0 Å². The van der Waals surface area contributed by atoms with Gasteiger partial charge < -0.3 is 16.4 Å². The molecule has 2 fully saturated rings. The standard InChI is InChI=1S/C33H64N4O2S/c34-29-33(21-16-15-17-22-33)27-31(38)35-23-20-26-40-28-32(39)36-30-37-24-18-13-11-9-7-5-3-1-2-4-6-8-10-12-14-19-25-37/h1-30,34H2,(H,35,38)(H,36,39). The molecule has 1 saturated carbocycles. The lowest BCUT2D eigenvalue weighted by Crippen LogP contribution is -2.39. The fourth-order valence-corrected chi connectivity index (χ4v) is 7.17. The molecule has 2 amide bonds. The Hall–Kier alpha value is -0.790. The van der Waals surface area contributed by atoms with Crippen LogP contribution in [0.15, 0.2) is 0 Å². The molecule has 0 spiro atoms. The number of amides is 2. The molecule has 2 rings (SSSR count). The molecule has 0 bridgehead atoms. The van der Waals surface area contributed by atoms with Gasteiger partial charge in [0.25, 0.3) is 0 Å². The summed E-state index contributed by atoms with van der Waals surface area (Å²) in [6.07, 6.45) is 29.2. The lowest BCUT2D eigenvalue weighted by Gasteiger charge is -2.35. The van der Waals surface area contributed by atoms with E-state index < -0.39 is 0 Å². The topological polar surface area (TPSA) is 87.5 Å². The summed E-state index contributed by atoms with van der Waals surface area (Å²) < 4.78 is 0. The SMILES string of the molecule is NCC1(CC(=O)NCCCSCC(=O)NCN2CCCCCCCCCCCCCCCCCC2)CCCCC1. The molecule has 1 aliphatic heterocycles. The normalized spacial score (nSPS) is 21.4. The zero-order chi connectivity index (χ0) is 28.6. The molecule has 0 aromatic heterocycles. The van der Waals surface area contributed by atoms with Crippen LogP contribution in [0.2, 0.25) is 0 Å². The van der Waals surface area contributed by atoms with Crippen molar-refractivity contribution in [3.05, 3.63) is 0 Å². The Kier molecular flexibility index (Phi) is 21.0. The van der Waals surface area contributed by atoms with Crippen LogP contribution in [0.5, 0.6) is 0 Å². The Morgan fingerprint density at radius 2 is 1.12 bits per heavy atom. The van der Waals surface area contributed by atoms with Crippen molar-refractivity contribution in [1.29, 1.82) is 0 Å². The maximum atomic E-state index is 12.5. The summed E-state index contributed by atoms with van der Waals surface area (Å²) in [5, 5.41) is 6.26. The van der Waals surface area contributed by atoms with Gasteiger partial charge in [-0.2, -0.15) is 11.8 Å². The molecular weight excluding hydrogens is 516 g/mol. The number of hydrogen-bond acceptors (Lipinski definition) is 5. The van der Waals surface area contributed by atoms with Gasteiger partial charge in [-0.3, -0.25) is 14.5 Å². The van der Waals surface area contributed by atoms with E-state index in [4.69, 9.17) is 5.73 Å². The fraction of sp³-hybridized carbons (Fsp3) is 0.939. The third-order valence-corrected chi connectivity index (χ3v) is 10.1. The lowest BCUT2D eigenvalue weighted by molar-refractivity contribution is -0.124. The quantitative estimate of drug-likeness (QED) is 0.226. The van der Waals surface area contributed by atoms with Crippen LogP contribution < -0.4 is 16.4 Å². The number of thioether (sulfide) groups is 1. The van der Waals surface area contributed by atoms with E-state index in [1.165, 1.54) is 122 Å². The van der Waals surface area contributed by atoms with Gasteiger partial charge >= 0.3 is 0 Å². The largest absolute Gasteiger partial charge is 0.356 e. The first-order chi connectivity index (χ1) is 19.6. The van der Waals surface area contributed by atoms with Crippen LogP contribution >= 0.6 is 11.8 Å². The molecule has 2 aliphatic rings. The summed E-state index contributed by atoms with van der Waals surface area (Å²) >= 11 is 1.67. The molecule has 1 heterocycles. The first-order valence-corrected chi connectivity index (χ1v) is 18.3. The Morgan fingerprint density at radius 3 is 1.62 bits per heavy atom. The van der Waals surface area contributed by atoms with E-state index >= 15 is 0 Å². The summed E-state index contributed by atoms with van der Waals surface area (Å²) in [6.45, 7) is 4.17. The smallest absolute Gasteiger partial charge is 0.230 e. The minimum absolute atomic E-state index is 0.0222. The van der Waals surface area contributed by atoms with Gasteiger partial charge in [-0.1, -0.05) is 109 Å². The minimum atomic E-state index is 0.0222. The highest BCUT2D eigenvalue weighted by Crippen LogP contribution is 2.38. The Labute approximate surface area is 251 Å². The van der Waals surface area contributed by atoms with Crippen molar-refractivity contribution in [2.45, 2.75) is 148 Å². The van der Waals surface area contributed by atoms with E-state index in [-0.39, 0.29) is 17.2 Å². The van der Waals surface area contributed by atoms with Crippen molar-refractivity contribution >= 4 is 23.6 Å². The highest BCUT2D eigenvalue weighted by Gasteiger charge is 2.32. The van der Waals surface area contributed by atoms with Gasteiger partial charge in [0.05, 0.1) is 12.4 Å². The van der Waals surface area contributed by atoms with Crippen LogP contribution in [-0.4, -0.2) is 61.1 Å². The van der Waals surface area contributed by atoms with E-state index in [1.54, 1.807) is 11.8 Å². The third kappa shape index (κ3) is 17.9. The van der Waals surface area contributed by atoms with E-state index in [0.29, 0.717) is 31.9 Å². The number of nitrogens with two attached hydrogens (primary N) is 1. The van der Waals surface area contributed by atoms with Crippen molar-refractivity contribution in [2.75, 3.05) is 44.4 Å². The van der Waals surface area contributed by atoms with Crippen LogP contribution in [0.3, 0.4) is 0 Å². The average molecular weight is 581 g/mol. The molecule has 1 aliphatic carbocycles. The van der Waals surface area contributed by atoms with Crippen molar-refractivity contribution < 1.29 is 9.59 Å². The summed E-state index contributed by atoms with van der Waals surface area (Å²) in [4.78, 5) is 27.4. The van der Waals surface area contributed by atoms with E-state index in [9.17, 15) is 9.59 Å². The van der Waals surface area contributed by atoms with Gasteiger partial charge in [-0.15, -0.1) is 0 Å². The highest BCUT2D eigenvalue weighted by molar-refractivity contribution is 7.99. The lowest BCUT2D eigenvalue weighted by atomic mass is 9.71. The maximum Gasteiger partial charge on any atom is 0.230 e. The number of hydrogen-bond donors (Lipinski definition) is 3. The van der Waals surface area contributed by atoms with Crippen molar-refractivity contribution in [3.8, 4) is 0 Å². The molecule has 0 atom stereocenters. The van der Waals surface area contributed by atoms with Gasteiger partial charge in [0.1, 0.15) is 0 Å². The zero-order valence-corrected chi connectivity index (χ0v) is 26.8. The Bertz CT molecular complexity index is 622.